The molecule has 2 rings (SSSR count). The van der Waals surface area contributed by atoms with E-state index in [0.29, 0.717) is 24.0 Å². The summed E-state index contributed by atoms with van der Waals surface area (Å²) in [5.41, 5.74) is 1.92. The Hall–Kier alpha value is -0.910. The molecule has 0 aromatic heterocycles. The zero-order valence-electron chi connectivity index (χ0n) is 13.4. The van der Waals surface area contributed by atoms with Gasteiger partial charge in [0.15, 0.2) is 0 Å². The number of hydrogen-bond donors (Lipinski definition) is 1. The third-order valence-electron chi connectivity index (χ3n) is 4.18. The van der Waals surface area contributed by atoms with E-state index in [1.54, 1.807) is 10.4 Å². The van der Waals surface area contributed by atoms with Crippen LogP contribution in [0.3, 0.4) is 0 Å². The van der Waals surface area contributed by atoms with Crippen LogP contribution in [0.2, 0.25) is 0 Å². The highest BCUT2D eigenvalue weighted by Gasteiger charge is 2.33. The van der Waals surface area contributed by atoms with Gasteiger partial charge in [0, 0.05) is 25.2 Å². The number of nitrogens with zero attached hydrogens (tertiary/aromatic N) is 1. The van der Waals surface area contributed by atoms with Gasteiger partial charge in [0.2, 0.25) is 10.0 Å². The number of rotatable bonds is 5. The lowest BCUT2D eigenvalue weighted by molar-refractivity contribution is 0.408. The predicted molar refractivity (Wildman–Crippen MR) is 85.7 cm³/mol. The van der Waals surface area contributed by atoms with Gasteiger partial charge in [-0.2, -0.15) is 4.31 Å². The van der Waals surface area contributed by atoms with Crippen molar-refractivity contribution in [2.24, 2.45) is 0 Å². The van der Waals surface area contributed by atoms with Gasteiger partial charge in [-0.25, -0.2) is 8.42 Å². The predicted octanol–water partition coefficient (Wildman–Crippen LogP) is 2.67. The van der Waals surface area contributed by atoms with Gasteiger partial charge in [-0.15, -0.1) is 0 Å². The van der Waals surface area contributed by atoms with Crippen molar-refractivity contribution in [3.63, 3.8) is 0 Å². The van der Waals surface area contributed by atoms with Gasteiger partial charge in [0.1, 0.15) is 0 Å². The molecule has 4 nitrogen and oxygen atoms in total. The summed E-state index contributed by atoms with van der Waals surface area (Å²) in [4.78, 5) is 0.458. The summed E-state index contributed by atoms with van der Waals surface area (Å²) < 4.78 is 27.4. The molecule has 0 aliphatic carbocycles. The minimum absolute atomic E-state index is 0.104. The first-order valence-corrected chi connectivity index (χ1v) is 9.11. The van der Waals surface area contributed by atoms with Crippen LogP contribution in [0.25, 0.3) is 0 Å². The Morgan fingerprint density at radius 1 is 1.38 bits per heavy atom. The minimum atomic E-state index is -3.37. The molecule has 0 spiro atoms. The Morgan fingerprint density at radius 3 is 2.67 bits per heavy atom. The van der Waals surface area contributed by atoms with E-state index in [0.717, 1.165) is 24.0 Å². The maximum atomic E-state index is 12.9. The highest BCUT2D eigenvalue weighted by molar-refractivity contribution is 7.89. The van der Waals surface area contributed by atoms with Gasteiger partial charge in [-0.1, -0.05) is 26.0 Å². The van der Waals surface area contributed by atoms with Gasteiger partial charge in [0.05, 0.1) is 4.90 Å². The number of hydrogen-bond acceptors (Lipinski definition) is 3. The van der Waals surface area contributed by atoms with Crippen molar-refractivity contribution in [2.45, 2.75) is 64.1 Å². The van der Waals surface area contributed by atoms with Crippen molar-refractivity contribution in [1.29, 1.82) is 0 Å². The summed E-state index contributed by atoms with van der Waals surface area (Å²) >= 11 is 0. The number of benzene rings is 1. The lowest BCUT2D eigenvalue weighted by Crippen LogP contribution is -2.34. The first-order valence-electron chi connectivity index (χ1n) is 7.67. The van der Waals surface area contributed by atoms with Gasteiger partial charge < -0.3 is 5.32 Å². The summed E-state index contributed by atoms with van der Waals surface area (Å²) in [6.45, 7) is 9.40. The van der Waals surface area contributed by atoms with Gasteiger partial charge in [0.25, 0.3) is 0 Å². The van der Waals surface area contributed by atoms with Crippen LogP contribution in [0.5, 0.6) is 0 Å². The molecule has 118 valence electrons. The third kappa shape index (κ3) is 3.47. The Balaban J connectivity index is 2.33. The van der Waals surface area contributed by atoms with Crippen LogP contribution in [-0.2, 0) is 16.6 Å². The molecule has 1 saturated heterocycles. The first-order chi connectivity index (χ1) is 9.84. The van der Waals surface area contributed by atoms with E-state index in [2.05, 4.69) is 19.2 Å². The van der Waals surface area contributed by atoms with E-state index in [1.807, 2.05) is 26.0 Å². The standard InChI is InChI=1S/C16H26N2O2S/c1-12(2)17-11-15-8-5-9-16(14(15)4)21(19,20)18-10-6-7-13(18)3/h5,8-9,12-13,17H,6-7,10-11H2,1-4H3. The van der Waals surface area contributed by atoms with E-state index in [1.165, 1.54) is 0 Å². The normalized spacial score (nSPS) is 20.3. The van der Waals surface area contributed by atoms with Crippen molar-refractivity contribution < 1.29 is 8.42 Å². The fourth-order valence-electron chi connectivity index (χ4n) is 2.84. The molecule has 1 aromatic rings. The summed E-state index contributed by atoms with van der Waals surface area (Å²) in [6, 6.07) is 6.05. The van der Waals surface area contributed by atoms with E-state index >= 15 is 0 Å². The molecule has 1 N–H and O–H groups in total. The number of nitrogens with one attached hydrogen (secondary N) is 1. The first kappa shape index (κ1) is 16.5. The van der Waals surface area contributed by atoms with Gasteiger partial charge in [-0.05, 0) is 43.9 Å². The average molecular weight is 310 g/mol. The molecular formula is C16H26N2O2S. The molecule has 1 aromatic carbocycles. The topological polar surface area (TPSA) is 49.4 Å². The van der Waals surface area contributed by atoms with Crippen LogP contribution in [0.15, 0.2) is 23.1 Å². The summed E-state index contributed by atoms with van der Waals surface area (Å²) in [5.74, 6) is 0. The van der Waals surface area contributed by atoms with Crippen molar-refractivity contribution in [1.82, 2.24) is 9.62 Å². The van der Waals surface area contributed by atoms with Gasteiger partial charge >= 0.3 is 0 Å². The quantitative estimate of drug-likeness (QED) is 0.909. The van der Waals surface area contributed by atoms with Crippen LogP contribution in [0, 0.1) is 6.92 Å². The molecule has 1 aliphatic rings. The van der Waals surface area contributed by atoms with Crippen LogP contribution in [0.4, 0.5) is 0 Å². The highest BCUT2D eigenvalue weighted by Crippen LogP contribution is 2.28. The Labute approximate surface area is 128 Å². The minimum Gasteiger partial charge on any atom is -0.310 e. The van der Waals surface area contributed by atoms with Crippen LogP contribution >= 0.6 is 0 Å². The maximum absolute atomic E-state index is 12.9. The molecule has 1 unspecified atom stereocenters. The lowest BCUT2D eigenvalue weighted by atomic mass is 10.1. The highest BCUT2D eigenvalue weighted by atomic mass is 32.2. The van der Waals surface area contributed by atoms with Crippen LogP contribution in [-0.4, -0.2) is 31.4 Å². The molecule has 0 amide bonds. The second kappa shape index (κ2) is 6.46. The molecule has 1 fully saturated rings. The lowest BCUT2D eigenvalue weighted by Gasteiger charge is -2.23. The van der Waals surface area contributed by atoms with Crippen molar-refractivity contribution in [3.8, 4) is 0 Å². The van der Waals surface area contributed by atoms with E-state index in [4.69, 9.17) is 0 Å². The monoisotopic (exact) mass is 310 g/mol. The smallest absolute Gasteiger partial charge is 0.243 e. The maximum Gasteiger partial charge on any atom is 0.243 e. The molecule has 0 bridgehead atoms. The van der Waals surface area contributed by atoms with Crippen LogP contribution < -0.4 is 5.32 Å². The largest absolute Gasteiger partial charge is 0.310 e. The average Bonchev–Trinajstić information content (AvgIpc) is 2.84. The van der Waals surface area contributed by atoms with E-state index in [9.17, 15) is 8.42 Å². The third-order valence-corrected chi connectivity index (χ3v) is 6.33. The van der Waals surface area contributed by atoms with Crippen molar-refractivity contribution in [3.05, 3.63) is 29.3 Å². The van der Waals surface area contributed by atoms with E-state index in [-0.39, 0.29) is 6.04 Å². The Kier molecular flexibility index (Phi) is 5.07. The number of sulfonamides is 1. The summed E-state index contributed by atoms with van der Waals surface area (Å²) in [6.07, 6.45) is 1.90. The summed E-state index contributed by atoms with van der Waals surface area (Å²) in [7, 11) is -3.37. The molecule has 5 heteroatoms. The summed E-state index contributed by atoms with van der Waals surface area (Å²) in [5, 5.41) is 3.35. The Morgan fingerprint density at radius 2 is 2.10 bits per heavy atom. The second-order valence-corrected chi connectivity index (χ2v) is 8.04. The van der Waals surface area contributed by atoms with Crippen molar-refractivity contribution >= 4 is 10.0 Å². The zero-order valence-corrected chi connectivity index (χ0v) is 14.2. The zero-order chi connectivity index (χ0) is 15.6. The fourth-order valence-corrected chi connectivity index (χ4v) is 4.81. The molecule has 1 heterocycles. The molecule has 1 aliphatic heterocycles. The fraction of sp³-hybridized carbons (Fsp3) is 0.625. The van der Waals surface area contributed by atoms with Gasteiger partial charge in [-0.3, -0.25) is 0 Å². The van der Waals surface area contributed by atoms with Crippen molar-refractivity contribution in [2.75, 3.05) is 6.54 Å². The molecular weight excluding hydrogens is 284 g/mol. The SMILES string of the molecule is Cc1c(CNC(C)C)cccc1S(=O)(=O)N1CCCC1C. The molecule has 21 heavy (non-hydrogen) atoms. The second-order valence-electron chi connectivity index (χ2n) is 6.18. The Bertz CT molecular complexity index is 596. The molecule has 0 saturated carbocycles. The van der Waals surface area contributed by atoms with Crippen LogP contribution in [0.1, 0.15) is 44.7 Å². The molecule has 0 radical (unpaired) electrons. The molecule has 1 atom stereocenters. The van der Waals surface area contributed by atoms with E-state index < -0.39 is 10.0 Å².